The largest absolute Gasteiger partial charge is 0.455 e. The zero-order valence-electron chi connectivity index (χ0n) is 9.15. The number of rotatable bonds is 2. The normalized spacial score (nSPS) is 9.83. The second kappa shape index (κ2) is 4.94. The molecule has 0 saturated heterocycles. The van der Waals surface area contributed by atoms with E-state index in [0.717, 1.165) is 0 Å². The van der Waals surface area contributed by atoms with Crippen molar-refractivity contribution in [3.8, 4) is 17.6 Å². The van der Waals surface area contributed by atoms with Crippen LogP contribution >= 0.6 is 11.6 Å². The van der Waals surface area contributed by atoms with Crippen molar-refractivity contribution >= 4 is 17.3 Å². The number of nitrogens with zero attached hydrogens (tertiary/aromatic N) is 1. The zero-order valence-corrected chi connectivity index (χ0v) is 9.91. The van der Waals surface area contributed by atoms with E-state index < -0.39 is 5.82 Å². The molecule has 0 aromatic heterocycles. The standard InChI is InChI=1S/C13H8ClFN2O/c14-10-6-9(2-3-11(10)15)18-13-5-8(7-16)1-4-12(13)17/h1-6H,17H2. The minimum Gasteiger partial charge on any atom is -0.455 e. The van der Waals surface area contributed by atoms with Gasteiger partial charge in [0.25, 0.3) is 0 Å². The Morgan fingerprint density at radius 3 is 2.67 bits per heavy atom. The summed E-state index contributed by atoms with van der Waals surface area (Å²) in [6.07, 6.45) is 0. The molecule has 0 heterocycles. The maximum atomic E-state index is 13.0. The van der Waals surface area contributed by atoms with E-state index in [1.807, 2.05) is 6.07 Å². The van der Waals surface area contributed by atoms with E-state index in [4.69, 9.17) is 27.3 Å². The molecule has 2 aromatic carbocycles. The highest BCUT2D eigenvalue weighted by atomic mass is 35.5. The highest BCUT2D eigenvalue weighted by molar-refractivity contribution is 6.30. The summed E-state index contributed by atoms with van der Waals surface area (Å²) in [5.41, 5.74) is 6.53. The number of halogens is 2. The van der Waals surface area contributed by atoms with Crippen LogP contribution in [0.25, 0.3) is 0 Å². The van der Waals surface area contributed by atoms with Crippen LogP contribution in [0, 0.1) is 17.1 Å². The number of anilines is 1. The van der Waals surface area contributed by atoms with E-state index in [1.165, 1.54) is 24.3 Å². The third kappa shape index (κ3) is 2.53. The van der Waals surface area contributed by atoms with Crippen LogP contribution in [0.3, 0.4) is 0 Å². The van der Waals surface area contributed by atoms with Crippen LogP contribution in [0.2, 0.25) is 5.02 Å². The topological polar surface area (TPSA) is 59.0 Å². The number of ether oxygens (including phenoxy) is 1. The molecule has 0 spiro atoms. The lowest BCUT2D eigenvalue weighted by Gasteiger charge is -2.09. The molecule has 0 atom stereocenters. The van der Waals surface area contributed by atoms with Gasteiger partial charge in [-0.1, -0.05) is 11.6 Å². The summed E-state index contributed by atoms with van der Waals surface area (Å²) in [6.45, 7) is 0. The fraction of sp³-hybridized carbons (Fsp3) is 0. The second-order valence-electron chi connectivity index (χ2n) is 3.54. The van der Waals surface area contributed by atoms with Gasteiger partial charge in [0.15, 0.2) is 5.75 Å². The van der Waals surface area contributed by atoms with Crippen molar-refractivity contribution in [3.05, 3.63) is 52.8 Å². The number of nitrogens with two attached hydrogens (primary N) is 1. The molecule has 0 unspecified atom stereocenters. The monoisotopic (exact) mass is 262 g/mol. The Balaban J connectivity index is 2.33. The quantitative estimate of drug-likeness (QED) is 0.839. The molecule has 0 saturated carbocycles. The first kappa shape index (κ1) is 12.2. The van der Waals surface area contributed by atoms with Gasteiger partial charge in [-0.2, -0.15) is 5.26 Å². The fourth-order valence-corrected chi connectivity index (χ4v) is 1.53. The molecule has 0 aliphatic heterocycles. The van der Waals surface area contributed by atoms with Gasteiger partial charge in [0, 0.05) is 12.1 Å². The van der Waals surface area contributed by atoms with Crippen LogP contribution < -0.4 is 10.5 Å². The van der Waals surface area contributed by atoms with E-state index in [2.05, 4.69) is 0 Å². The van der Waals surface area contributed by atoms with Crippen molar-refractivity contribution in [2.75, 3.05) is 5.73 Å². The van der Waals surface area contributed by atoms with Gasteiger partial charge >= 0.3 is 0 Å². The lowest BCUT2D eigenvalue weighted by Crippen LogP contribution is -1.93. The summed E-state index contributed by atoms with van der Waals surface area (Å²) in [4.78, 5) is 0. The van der Waals surface area contributed by atoms with Crippen molar-refractivity contribution in [2.24, 2.45) is 0 Å². The number of benzene rings is 2. The summed E-state index contributed by atoms with van der Waals surface area (Å²) < 4.78 is 18.4. The maximum absolute atomic E-state index is 13.0. The molecule has 2 rings (SSSR count). The van der Waals surface area contributed by atoms with Crippen molar-refractivity contribution in [3.63, 3.8) is 0 Å². The predicted molar refractivity (Wildman–Crippen MR) is 67.1 cm³/mol. The highest BCUT2D eigenvalue weighted by Gasteiger charge is 2.06. The number of hydrogen-bond donors (Lipinski definition) is 1. The van der Waals surface area contributed by atoms with Crippen molar-refractivity contribution < 1.29 is 9.13 Å². The van der Waals surface area contributed by atoms with Gasteiger partial charge in [0.2, 0.25) is 0 Å². The average Bonchev–Trinajstić information content (AvgIpc) is 2.36. The first-order chi connectivity index (χ1) is 8.60. The first-order valence-electron chi connectivity index (χ1n) is 5.02. The Hall–Kier alpha value is -2.25. The molecule has 5 heteroatoms. The second-order valence-corrected chi connectivity index (χ2v) is 3.95. The highest BCUT2D eigenvalue weighted by Crippen LogP contribution is 2.30. The number of nitrogen functional groups attached to an aromatic ring is 1. The molecular weight excluding hydrogens is 255 g/mol. The number of hydrogen-bond acceptors (Lipinski definition) is 3. The van der Waals surface area contributed by atoms with Gasteiger partial charge in [0.05, 0.1) is 22.3 Å². The average molecular weight is 263 g/mol. The SMILES string of the molecule is N#Cc1ccc(N)c(Oc2ccc(F)c(Cl)c2)c1. The molecule has 90 valence electrons. The summed E-state index contributed by atoms with van der Waals surface area (Å²) in [6, 6.07) is 10.6. The molecule has 2 aromatic rings. The van der Waals surface area contributed by atoms with Crippen LogP contribution in [0.15, 0.2) is 36.4 Å². The van der Waals surface area contributed by atoms with Crippen LogP contribution in [0.5, 0.6) is 11.5 Å². The van der Waals surface area contributed by atoms with E-state index in [-0.39, 0.29) is 5.02 Å². The molecule has 0 amide bonds. The molecule has 0 radical (unpaired) electrons. The van der Waals surface area contributed by atoms with Crippen molar-refractivity contribution in [1.29, 1.82) is 5.26 Å². The Labute approximate surface area is 108 Å². The molecule has 2 N–H and O–H groups in total. The van der Waals surface area contributed by atoms with Crippen molar-refractivity contribution in [2.45, 2.75) is 0 Å². The van der Waals surface area contributed by atoms with Crippen LogP contribution in [-0.4, -0.2) is 0 Å². The molecule has 0 aliphatic carbocycles. The Bertz CT molecular complexity index is 637. The molecule has 18 heavy (non-hydrogen) atoms. The van der Waals surface area contributed by atoms with Crippen LogP contribution in [0.4, 0.5) is 10.1 Å². The predicted octanol–water partition coefficient (Wildman–Crippen LogP) is 3.73. The molecule has 0 fully saturated rings. The summed E-state index contributed by atoms with van der Waals surface area (Å²) in [7, 11) is 0. The Morgan fingerprint density at radius 1 is 1.22 bits per heavy atom. The summed E-state index contributed by atoms with van der Waals surface area (Å²) in [5, 5.41) is 8.74. The fourth-order valence-electron chi connectivity index (χ4n) is 1.36. The molecule has 3 nitrogen and oxygen atoms in total. The van der Waals surface area contributed by atoms with Gasteiger partial charge in [-0.05, 0) is 24.3 Å². The lowest BCUT2D eigenvalue weighted by atomic mass is 10.2. The minimum absolute atomic E-state index is 0.0393. The van der Waals surface area contributed by atoms with Crippen LogP contribution in [0.1, 0.15) is 5.56 Å². The molecule has 0 aliphatic rings. The zero-order chi connectivity index (χ0) is 13.1. The van der Waals surface area contributed by atoms with E-state index in [0.29, 0.717) is 22.7 Å². The molecule has 0 bridgehead atoms. The van der Waals surface area contributed by atoms with Gasteiger partial charge in [-0.15, -0.1) is 0 Å². The summed E-state index contributed by atoms with van der Waals surface area (Å²) in [5.74, 6) is 0.155. The van der Waals surface area contributed by atoms with Gasteiger partial charge in [-0.3, -0.25) is 0 Å². The third-order valence-electron chi connectivity index (χ3n) is 2.26. The Kier molecular flexibility index (Phi) is 3.35. The smallest absolute Gasteiger partial charge is 0.151 e. The van der Waals surface area contributed by atoms with E-state index in [1.54, 1.807) is 12.1 Å². The van der Waals surface area contributed by atoms with E-state index in [9.17, 15) is 4.39 Å². The maximum Gasteiger partial charge on any atom is 0.151 e. The first-order valence-corrected chi connectivity index (χ1v) is 5.40. The molecular formula is C13H8ClFN2O. The minimum atomic E-state index is -0.525. The Morgan fingerprint density at radius 2 is 2.00 bits per heavy atom. The van der Waals surface area contributed by atoms with Crippen molar-refractivity contribution in [1.82, 2.24) is 0 Å². The van der Waals surface area contributed by atoms with E-state index >= 15 is 0 Å². The van der Waals surface area contributed by atoms with Gasteiger partial charge < -0.3 is 10.5 Å². The van der Waals surface area contributed by atoms with Gasteiger partial charge in [-0.25, -0.2) is 4.39 Å². The van der Waals surface area contributed by atoms with Crippen LogP contribution in [-0.2, 0) is 0 Å². The summed E-state index contributed by atoms with van der Waals surface area (Å²) >= 11 is 5.64. The third-order valence-corrected chi connectivity index (χ3v) is 2.55. The lowest BCUT2D eigenvalue weighted by molar-refractivity contribution is 0.483. The number of nitriles is 1. The van der Waals surface area contributed by atoms with Gasteiger partial charge in [0.1, 0.15) is 11.6 Å².